The number of hydrogen-bond donors (Lipinski definition) is 0. The van der Waals surface area contributed by atoms with E-state index in [1.54, 1.807) is 0 Å². The van der Waals surface area contributed by atoms with E-state index in [0.717, 1.165) is 6.20 Å². The van der Waals surface area contributed by atoms with Gasteiger partial charge in [0.2, 0.25) is 0 Å². The summed E-state index contributed by atoms with van der Waals surface area (Å²) in [5, 5.41) is 0. The van der Waals surface area contributed by atoms with E-state index >= 15 is 0 Å². The molecule has 0 bridgehead atoms. The molecule has 1 aromatic heterocycles. The van der Waals surface area contributed by atoms with Crippen LogP contribution in [0.5, 0.6) is 0 Å². The number of methoxy groups -OCH3 is 1. The summed E-state index contributed by atoms with van der Waals surface area (Å²) in [6.07, 6.45) is 3.47. The highest BCUT2D eigenvalue weighted by atomic mass is 19.1. The van der Waals surface area contributed by atoms with Gasteiger partial charge in [0.25, 0.3) is 0 Å². The molecule has 1 aromatic rings. The predicted octanol–water partition coefficient (Wildman–Crippen LogP) is 2.61. The van der Waals surface area contributed by atoms with Crippen LogP contribution in [0.3, 0.4) is 0 Å². The summed E-state index contributed by atoms with van der Waals surface area (Å²) in [4.78, 5) is 15.8. The van der Waals surface area contributed by atoms with E-state index in [4.69, 9.17) is 4.74 Å². The Balaban J connectivity index is 3.14. The van der Waals surface area contributed by atoms with E-state index in [-0.39, 0.29) is 11.3 Å². The zero-order chi connectivity index (χ0) is 12.2. The first kappa shape index (κ1) is 12.8. The Morgan fingerprint density at radius 2 is 2.12 bits per heavy atom. The van der Waals surface area contributed by atoms with Crippen LogP contribution in [-0.4, -0.2) is 23.5 Å². The maximum atomic E-state index is 13.4. The molecular formula is C12H16FNO2. The zero-order valence-corrected chi connectivity index (χ0v) is 9.79. The number of rotatable bonds is 5. The summed E-state index contributed by atoms with van der Waals surface area (Å²) in [5.74, 6) is -0.921. The Morgan fingerprint density at radius 3 is 2.56 bits per heavy atom. The minimum atomic E-state index is -0.928. The fourth-order valence-electron chi connectivity index (χ4n) is 1.76. The third kappa shape index (κ3) is 2.11. The van der Waals surface area contributed by atoms with Gasteiger partial charge in [-0.1, -0.05) is 13.8 Å². The molecule has 1 rings (SSSR count). The molecular weight excluding hydrogens is 209 g/mol. The van der Waals surface area contributed by atoms with Crippen molar-refractivity contribution in [1.82, 2.24) is 4.98 Å². The second-order valence-corrected chi connectivity index (χ2v) is 3.59. The quantitative estimate of drug-likeness (QED) is 0.723. The number of ether oxygens (including phenoxy) is 1. The van der Waals surface area contributed by atoms with Crippen molar-refractivity contribution in [2.75, 3.05) is 7.11 Å². The number of Topliss-reactive ketones (excluding diaryl/α,β-unsaturated/α-hetero) is 1. The van der Waals surface area contributed by atoms with Gasteiger partial charge in [-0.05, 0) is 18.9 Å². The number of hydrogen-bond acceptors (Lipinski definition) is 3. The van der Waals surface area contributed by atoms with E-state index < -0.39 is 11.4 Å². The maximum absolute atomic E-state index is 13.4. The first-order valence-corrected chi connectivity index (χ1v) is 5.30. The fourth-order valence-corrected chi connectivity index (χ4v) is 1.76. The smallest absolute Gasteiger partial charge is 0.197 e. The van der Waals surface area contributed by atoms with Gasteiger partial charge in [-0.25, -0.2) is 4.39 Å². The number of aromatic nitrogens is 1. The van der Waals surface area contributed by atoms with Crippen molar-refractivity contribution in [3.63, 3.8) is 0 Å². The van der Waals surface area contributed by atoms with Gasteiger partial charge in [0, 0.05) is 13.3 Å². The molecule has 3 nitrogen and oxygen atoms in total. The van der Waals surface area contributed by atoms with Crippen molar-refractivity contribution in [3.8, 4) is 0 Å². The molecule has 0 saturated heterocycles. The Bertz CT molecular complexity index is 367. The first-order valence-electron chi connectivity index (χ1n) is 5.30. The zero-order valence-electron chi connectivity index (χ0n) is 9.79. The van der Waals surface area contributed by atoms with Crippen LogP contribution >= 0.6 is 0 Å². The molecule has 16 heavy (non-hydrogen) atoms. The fraction of sp³-hybridized carbons (Fsp3) is 0.500. The lowest BCUT2D eigenvalue weighted by atomic mass is 9.88. The van der Waals surface area contributed by atoms with Crippen molar-refractivity contribution < 1.29 is 13.9 Å². The second kappa shape index (κ2) is 5.16. The molecule has 0 amide bonds. The maximum Gasteiger partial charge on any atom is 0.197 e. The molecule has 0 saturated carbocycles. The lowest BCUT2D eigenvalue weighted by Crippen LogP contribution is -2.40. The van der Waals surface area contributed by atoms with E-state index in [2.05, 4.69) is 4.98 Å². The molecule has 0 atom stereocenters. The van der Waals surface area contributed by atoms with Crippen LogP contribution in [0.4, 0.5) is 4.39 Å². The topological polar surface area (TPSA) is 39.2 Å². The number of halogens is 1. The number of pyridine rings is 1. The third-order valence-corrected chi connectivity index (χ3v) is 2.96. The minimum Gasteiger partial charge on any atom is -0.370 e. The van der Waals surface area contributed by atoms with Gasteiger partial charge in [-0.3, -0.25) is 9.78 Å². The van der Waals surface area contributed by atoms with Crippen molar-refractivity contribution in [1.29, 1.82) is 0 Å². The standard InChI is InChI=1S/C12H16FNO2/c1-4-12(5-2,16-3)11(15)9-6-7-14-8-10(9)13/h6-8H,4-5H2,1-3H3. The van der Waals surface area contributed by atoms with Gasteiger partial charge in [-0.2, -0.15) is 0 Å². The number of carbonyl (C=O) groups excluding carboxylic acids is 1. The summed E-state index contributed by atoms with van der Waals surface area (Å²) in [7, 11) is 1.48. The Labute approximate surface area is 94.6 Å². The first-order chi connectivity index (χ1) is 7.61. The molecule has 0 unspecified atom stereocenters. The normalized spacial score (nSPS) is 11.5. The van der Waals surface area contributed by atoms with E-state index in [1.807, 2.05) is 13.8 Å². The van der Waals surface area contributed by atoms with Gasteiger partial charge in [0.15, 0.2) is 11.6 Å². The average Bonchev–Trinajstić information content (AvgIpc) is 2.32. The molecule has 4 heteroatoms. The minimum absolute atomic E-state index is 0.0422. The third-order valence-electron chi connectivity index (χ3n) is 2.96. The number of nitrogens with zero attached hydrogens (tertiary/aromatic N) is 1. The molecule has 0 radical (unpaired) electrons. The van der Waals surface area contributed by atoms with Crippen molar-refractivity contribution in [3.05, 3.63) is 29.8 Å². The molecule has 1 heterocycles. The van der Waals surface area contributed by atoms with Gasteiger partial charge >= 0.3 is 0 Å². The van der Waals surface area contributed by atoms with Gasteiger partial charge < -0.3 is 4.74 Å². The molecule has 0 aliphatic carbocycles. The van der Waals surface area contributed by atoms with Crippen molar-refractivity contribution in [2.24, 2.45) is 0 Å². The van der Waals surface area contributed by atoms with Crippen LogP contribution < -0.4 is 0 Å². The van der Waals surface area contributed by atoms with Gasteiger partial charge in [0.05, 0.1) is 11.8 Å². The highest BCUT2D eigenvalue weighted by molar-refractivity contribution is 6.02. The SMILES string of the molecule is CCC(CC)(OC)C(=O)c1ccncc1F. The highest BCUT2D eigenvalue weighted by Gasteiger charge is 2.36. The van der Waals surface area contributed by atoms with Crippen LogP contribution in [0.25, 0.3) is 0 Å². The monoisotopic (exact) mass is 225 g/mol. The van der Waals surface area contributed by atoms with Crippen molar-refractivity contribution in [2.45, 2.75) is 32.3 Å². The predicted molar refractivity (Wildman–Crippen MR) is 58.8 cm³/mol. The summed E-state index contributed by atoms with van der Waals surface area (Å²) in [6.45, 7) is 3.70. The Morgan fingerprint density at radius 1 is 1.50 bits per heavy atom. The highest BCUT2D eigenvalue weighted by Crippen LogP contribution is 2.25. The van der Waals surface area contributed by atoms with E-state index in [9.17, 15) is 9.18 Å². The van der Waals surface area contributed by atoms with Crippen LogP contribution in [-0.2, 0) is 4.74 Å². The van der Waals surface area contributed by atoms with E-state index in [0.29, 0.717) is 12.8 Å². The molecule has 0 fully saturated rings. The molecule has 88 valence electrons. The summed E-state index contributed by atoms with van der Waals surface area (Å²) in [6, 6.07) is 1.39. The number of carbonyl (C=O) groups is 1. The van der Waals surface area contributed by atoms with E-state index in [1.165, 1.54) is 19.4 Å². The van der Waals surface area contributed by atoms with Crippen LogP contribution in [0.15, 0.2) is 18.5 Å². The molecule has 0 aliphatic rings. The van der Waals surface area contributed by atoms with Gasteiger partial charge in [0.1, 0.15) is 5.60 Å². The van der Waals surface area contributed by atoms with Gasteiger partial charge in [-0.15, -0.1) is 0 Å². The molecule has 0 spiro atoms. The summed E-state index contributed by atoms with van der Waals surface area (Å²) in [5.41, 5.74) is -0.886. The summed E-state index contributed by atoms with van der Waals surface area (Å²) >= 11 is 0. The average molecular weight is 225 g/mol. The number of ketones is 1. The molecule has 0 aromatic carbocycles. The summed E-state index contributed by atoms with van der Waals surface area (Å²) < 4.78 is 18.7. The lowest BCUT2D eigenvalue weighted by Gasteiger charge is -2.28. The van der Waals surface area contributed by atoms with Crippen molar-refractivity contribution >= 4 is 5.78 Å². The molecule has 0 N–H and O–H groups in total. The Kier molecular flexibility index (Phi) is 4.12. The Hall–Kier alpha value is -1.29. The second-order valence-electron chi connectivity index (χ2n) is 3.59. The largest absolute Gasteiger partial charge is 0.370 e. The van der Waals surface area contributed by atoms with Crippen LogP contribution in [0.1, 0.15) is 37.0 Å². The molecule has 0 aliphatic heterocycles. The van der Waals surface area contributed by atoms with Crippen LogP contribution in [0, 0.1) is 5.82 Å². The van der Waals surface area contributed by atoms with Crippen LogP contribution in [0.2, 0.25) is 0 Å². The lowest BCUT2D eigenvalue weighted by molar-refractivity contribution is -0.00293.